The summed E-state index contributed by atoms with van der Waals surface area (Å²) in [4.78, 5) is 13.3. The zero-order chi connectivity index (χ0) is 10.6. The van der Waals surface area contributed by atoms with Crippen LogP contribution < -0.4 is 0 Å². The van der Waals surface area contributed by atoms with Gasteiger partial charge < -0.3 is 4.90 Å². The standard InChI is InChI=1S/C10H18N2O/c1-6-8(2)12(5)9(13)10(3,4)7-11/h8H,6H2,1-5H3. The summed E-state index contributed by atoms with van der Waals surface area (Å²) in [5, 5.41) is 8.77. The van der Waals surface area contributed by atoms with Crippen molar-refractivity contribution in [2.45, 2.75) is 40.2 Å². The maximum absolute atomic E-state index is 11.7. The minimum atomic E-state index is -0.905. The van der Waals surface area contributed by atoms with Crippen LogP contribution in [0.4, 0.5) is 0 Å². The highest BCUT2D eigenvalue weighted by Gasteiger charge is 2.31. The fourth-order valence-corrected chi connectivity index (χ4v) is 0.963. The number of hydrogen-bond acceptors (Lipinski definition) is 2. The summed E-state index contributed by atoms with van der Waals surface area (Å²) in [7, 11) is 1.75. The molecule has 0 bridgehead atoms. The Morgan fingerprint density at radius 3 is 2.38 bits per heavy atom. The molecule has 0 aromatic rings. The molecule has 0 aliphatic rings. The summed E-state index contributed by atoms with van der Waals surface area (Å²) < 4.78 is 0. The second-order valence-corrected chi connectivity index (χ2v) is 3.91. The van der Waals surface area contributed by atoms with E-state index < -0.39 is 5.41 Å². The van der Waals surface area contributed by atoms with Crippen LogP contribution in [0, 0.1) is 16.7 Å². The lowest BCUT2D eigenvalue weighted by Gasteiger charge is -2.28. The molecule has 0 spiro atoms. The van der Waals surface area contributed by atoms with Gasteiger partial charge in [-0.3, -0.25) is 4.79 Å². The number of rotatable bonds is 3. The molecule has 0 aliphatic heterocycles. The van der Waals surface area contributed by atoms with Gasteiger partial charge in [0.15, 0.2) is 0 Å². The van der Waals surface area contributed by atoms with Gasteiger partial charge in [0, 0.05) is 13.1 Å². The normalized spacial score (nSPS) is 13.2. The van der Waals surface area contributed by atoms with Gasteiger partial charge in [0.25, 0.3) is 0 Å². The van der Waals surface area contributed by atoms with Gasteiger partial charge >= 0.3 is 0 Å². The van der Waals surface area contributed by atoms with Crippen LogP contribution in [0.15, 0.2) is 0 Å². The van der Waals surface area contributed by atoms with Crippen LogP contribution in [0.2, 0.25) is 0 Å². The van der Waals surface area contributed by atoms with Crippen molar-refractivity contribution in [1.29, 1.82) is 5.26 Å². The van der Waals surface area contributed by atoms with E-state index in [9.17, 15) is 4.79 Å². The van der Waals surface area contributed by atoms with Crippen molar-refractivity contribution in [2.75, 3.05) is 7.05 Å². The van der Waals surface area contributed by atoms with Crippen LogP contribution >= 0.6 is 0 Å². The number of nitrogens with zero attached hydrogens (tertiary/aromatic N) is 2. The van der Waals surface area contributed by atoms with Gasteiger partial charge in [0.1, 0.15) is 5.41 Å². The monoisotopic (exact) mass is 182 g/mol. The smallest absolute Gasteiger partial charge is 0.242 e. The Labute approximate surface area is 80.3 Å². The van der Waals surface area contributed by atoms with Crippen molar-refractivity contribution in [3.05, 3.63) is 0 Å². The molecule has 0 rings (SSSR count). The molecular weight excluding hydrogens is 164 g/mol. The summed E-state index contributed by atoms with van der Waals surface area (Å²) in [5.41, 5.74) is -0.905. The van der Waals surface area contributed by atoms with E-state index in [0.29, 0.717) is 0 Å². The van der Waals surface area contributed by atoms with Crippen molar-refractivity contribution in [1.82, 2.24) is 4.90 Å². The van der Waals surface area contributed by atoms with Crippen molar-refractivity contribution in [2.24, 2.45) is 5.41 Å². The second-order valence-electron chi connectivity index (χ2n) is 3.91. The quantitative estimate of drug-likeness (QED) is 0.668. The lowest BCUT2D eigenvalue weighted by atomic mass is 9.93. The van der Waals surface area contributed by atoms with Crippen molar-refractivity contribution in [3.8, 4) is 6.07 Å². The maximum Gasteiger partial charge on any atom is 0.242 e. The largest absolute Gasteiger partial charge is 0.342 e. The first-order valence-electron chi connectivity index (χ1n) is 4.55. The molecule has 0 aromatic heterocycles. The molecule has 1 amide bonds. The SMILES string of the molecule is CCC(C)N(C)C(=O)C(C)(C)C#N. The highest BCUT2D eigenvalue weighted by Crippen LogP contribution is 2.18. The lowest BCUT2D eigenvalue weighted by molar-refractivity contribution is -0.138. The summed E-state index contributed by atoms with van der Waals surface area (Å²) in [5.74, 6) is -0.107. The summed E-state index contributed by atoms with van der Waals surface area (Å²) in [6, 6.07) is 2.20. The van der Waals surface area contributed by atoms with E-state index >= 15 is 0 Å². The topological polar surface area (TPSA) is 44.1 Å². The first-order valence-corrected chi connectivity index (χ1v) is 4.55. The Morgan fingerprint density at radius 2 is 2.08 bits per heavy atom. The molecule has 74 valence electrons. The summed E-state index contributed by atoms with van der Waals surface area (Å²) >= 11 is 0. The molecule has 0 aromatic carbocycles. The maximum atomic E-state index is 11.7. The van der Waals surface area contributed by atoms with Crippen LogP contribution in [0.3, 0.4) is 0 Å². The third kappa shape index (κ3) is 2.73. The Balaban J connectivity index is 4.54. The highest BCUT2D eigenvalue weighted by molar-refractivity contribution is 5.84. The zero-order valence-corrected chi connectivity index (χ0v) is 9.09. The molecule has 3 heteroatoms. The number of nitriles is 1. The van der Waals surface area contributed by atoms with Crippen LogP contribution in [-0.2, 0) is 4.79 Å². The summed E-state index contributed by atoms with van der Waals surface area (Å²) in [6.07, 6.45) is 0.906. The second kappa shape index (κ2) is 4.27. The molecule has 13 heavy (non-hydrogen) atoms. The number of carbonyl (C=O) groups excluding carboxylic acids is 1. The van der Waals surface area contributed by atoms with E-state index in [1.54, 1.807) is 25.8 Å². The summed E-state index contributed by atoms with van der Waals surface area (Å²) in [6.45, 7) is 7.29. The molecule has 0 heterocycles. The molecule has 0 aliphatic carbocycles. The van der Waals surface area contributed by atoms with Crippen molar-refractivity contribution < 1.29 is 4.79 Å². The van der Waals surface area contributed by atoms with Crippen LogP contribution in [0.25, 0.3) is 0 Å². The van der Waals surface area contributed by atoms with Crippen LogP contribution in [0.1, 0.15) is 34.1 Å². The lowest BCUT2D eigenvalue weighted by Crippen LogP contribution is -2.42. The molecule has 0 fully saturated rings. The minimum absolute atomic E-state index is 0.107. The van der Waals surface area contributed by atoms with E-state index in [4.69, 9.17) is 5.26 Å². The Bertz CT molecular complexity index is 228. The van der Waals surface area contributed by atoms with Gasteiger partial charge in [0.05, 0.1) is 6.07 Å². The van der Waals surface area contributed by atoms with Gasteiger partial charge in [0.2, 0.25) is 5.91 Å². The molecule has 0 N–H and O–H groups in total. The predicted octanol–water partition coefficient (Wildman–Crippen LogP) is 1.79. The van der Waals surface area contributed by atoms with E-state index in [2.05, 4.69) is 0 Å². The molecular formula is C10H18N2O. The van der Waals surface area contributed by atoms with E-state index in [0.717, 1.165) is 6.42 Å². The highest BCUT2D eigenvalue weighted by atomic mass is 16.2. The van der Waals surface area contributed by atoms with E-state index in [-0.39, 0.29) is 11.9 Å². The fourth-order valence-electron chi connectivity index (χ4n) is 0.963. The molecule has 3 nitrogen and oxygen atoms in total. The molecule has 0 saturated heterocycles. The first kappa shape index (κ1) is 12.0. The van der Waals surface area contributed by atoms with Gasteiger partial charge in [-0.2, -0.15) is 5.26 Å². The Morgan fingerprint density at radius 1 is 1.62 bits per heavy atom. The van der Waals surface area contributed by atoms with Crippen LogP contribution in [0.5, 0.6) is 0 Å². The van der Waals surface area contributed by atoms with Crippen molar-refractivity contribution >= 4 is 5.91 Å². The van der Waals surface area contributed by atoms with Crippen LogP contribution in [-0.4, -0.2) is 23.9 Å². The zero-order valence-electron chi connectivity index (χ0n) is 9.09. The Kier molecular flexibility index (Phi) is 3.93. The number of carbonyl (C=O) groups is 1. The number of hydrogen-bond donors (Lipinski definition) is 0. The van der Waals surface area contributed by atoms with Gasteiger partial charge in [-0.25, -0.2) is 0 Å². The average molecular weight is 182 g/mol. The third-order valence-electron chi connectivity index (χ3n) is 2.39. The predicted molar refractivity (Wildman–Crippen MR) is 51.9 cm³/mol. The van der Waals surface area contributed by atoms with Gasteiger partial charge in [-0.1, -0.05) is 6.92 Å². The number of amides is 1. The molecule has 1 unspecified atom stereocenters. The fraction of sp³-hybridized carbons (Fsp3) is 0.800. The molecule has 0 radical (unpaired) electrons. The molecule has 1 atom stereocenters. The van der Waals surface area contributed by atoms with E-state index in [1.165, 1.54) is 0 Å². The average Bonchev–Trinajstić information content (AvgIpc) is 2.14. The van der Waals surface area contributed by atoms with E-state index in [1.807, 2.05) is 19.9 Å². The first-order chi connectivity index (χ1) is 5.86. The van der Waals surface area contributed by atoms with Crippen molar-refractivity contribution in [3.63, 3.8) is 0 Å². The van der Waals surface area contributed by atoms with Gasteiger partial charge in [-0.15, -0.1) is 0 Å². The van der Waals surface area contributed by atoms with Gasteiger partial charge in [-0.05, 0) is 27.2 Å². The third-order valence-corrected chi connectivity index (χ3v) is 2.39. The minimum Gasteiger partial charge on any atom is -0.342 e. The Hall–Kier alpha value is -1.04. The molecule has 0 saturated carbocycles.